The first-order valence-corrected chi connectivity index (χ1v) is 11.8. The number of rotatable bonds is 8. The number of nitrogens with zero attached hydrogens (tertiary/aromatic N) is 2. The lowest BCUT2D eigenvalue weighted by atomic mass is 10.0. The summed E-state index contributed by atoms with van der Waals surface area (Å²) in [6.45, 7) is 3.44. The van der Waals surface area contributed by atoms with Crippen molar-refractivity contribution in [3.05, 3.63) is 103 Å². The van der Waals surface area contributed by atoms with Crippen LogP contribution in [0.3, 0.4) is 0 Å². The molecule has 2 amide bonds. The minimum atomic E-state index is -0.684. The fraction of sp³-hybridized carbons (Fsp3) is 0.0345. The fourth-order valence-electron chi connectivity index (χ4n) is 4.01. The number of halogens is 1. The number of aromatic nitrogens is 2. The van der Waals surface area contributed by atoms with Gasteiger partial charge in [0.05, 0.1) is 24.7 Å². The Labute approximate surface area is 223 Å². The molecular weight excluding hydrogens is 499 g/mol. The molecule has 10 heteroatoms. The second kappa shape index (κ2) is 10.9. The van der Waals surface area contributed by atoms with Crippen molar-refractivity contribution in [2.24, 2.45) is 0 Å². The van der Waals surface area contributed by atoms with Gasteiger partial charge in [0.15, 0.2) is 11.6 Å². The summed E-state index contributed by atoms with van der Waals surface area (Å²) in [7, 11) is 1.57. The Balaban J connectivity index is 1.42. The van der Waals surface area contributed by atoms with Crippen LogP contribution in [-0.4, -0.2) is 28.9 Å². The summed E-state index contributed by atoms with van der Waals surface area (Å²) in [6.07, 6.45) is 3.94. The van der Waals surface area contributed by atoms with E-state index in [0.29, 0.717) is 39.6 Å². The van der Waals surface area contributed by atoms with Crippen molar-refractivity contribution < 1.29 is 18.7 Å². The quantitative estimate of drug-likeness (QED) is 0.218. The van der Waals surface area contributed by atoms with Gasteiger partial charge < -0.3 is 26.0 Å². The molecule has 0 atom stereocenters. The molecule has 0 fully saturated rings. The number of ether oxygens (including phenoxy) is 1. The minimum absolute atomic E-state index is 0.0948. The summed E-state index contributed by atoms with van der Waals surface area (Å²) >= 11 is 0. The predicted octanol–water partition coefficient (Wildman–Crippen LogP) is 5.73. The number of amides is 2. The van der Waals surface area contributed by atoms with Crippen LogP contribution in [0.5, 0.6) is 5.75 Å². The number of carbonyl (C=O) groups is 2. The van der Waals surface area contributed by atoms with Crippen LogP contribution in [0.4, 0.5) is 38.9 Å². The molecule has 4 N–H and O–H groups in total. The molecule has 0 saturated carbocycles. The van der Waals surface area contributed by atoms with Crippen LogP contribution in [0.15, 0.2) is 85.6 Å². The van der Waals surface area contributed by atoms with Gasteiger partial charge in [0, 0.05) is 28.1 Å². The Morgan fingerprint density at radius 2 is 1.82 bits per heavy atom. The van der Waals surface area contributed by atoms with E-state index in [1.54, 1.807) is 55.7 Å². The van der Waals surface area contributed by atoms with Crippen LogP contribution in [-0.2, 0) is 9.59 Å². The van der Waals surface area contributed by atoms with Crippen molar-refractivity contribution in [2.45, 2.75) is 0 Å². The van der Waals surface area contributed by atoms with Gasteiger partial charge in [-0.05, 0) is 48.6 Å². The molecule has 1 aliphatic heterocycles. The Hall–Kier alpha value is -5.51. The highest BCUT2D eigenvalue weighted by atomic mass is 19.1. The lowest BCUT2D eigenvalue weighted by Gasteiger charge is -2.13. The van der Waals surface area contributed by atoms with Gasteiger partial charge >= 0.3 is 0 Å². The number of anilines is 6. The van der Waals surface area contributed by atoms with Crippen molar-refractivity contribution in [2.75, 3.05) is 28.4 Å². The lowest BCUT2D eigenvalue weighted by molar-refractivity contribution is -0.112. The molecule has 194 valence electrons. The first-order chi connectivity index (χ1) is 18.9. The van der Waals surface area contributed by atoms with E-state index in [4.69, 9.17) is 4.74 Å². The lowest BCUT2D eigenvalue weighted by Crippen LogP contribution is -2.10. The number of nitrogens with one attached hydrogen (secondary N) is 4. The van der Waals surface area contributed by atoms with Gasteiger partial charge in [-0.1, -0.05) is 36.9 Å². The molecule has 1 aliphatic rings. The van der Waals surface area contributed by atoms with Gasteiger partial charge in [0.2, 0.25) is 11.9 Å². The maximum absolute atomic E-state index is 14.6. The molecule has 0 spiro atoms. The monoisotopic (exact) mass is 522 g/mol. The zero-order chi connectivity index (χ0) is 27.4. The van der Waals surface area contributed by atoms with Crippen molar-refractivity contribution in [1.29, 1.82) is 0 Å². The number of benzene rings is 3. The van der Waals surface area contributed by atoms with E-state index in [2.05, 4.69) is 37.8 Å². The highest BCUT2D eigenvalue weighted by Gasteiger charge is 2.25. The van der Waals surface area contributed by atoms with Gasteiger partial charge in [-0.15, -0.1) is 0 Å². The van der Waals surface area contributed by atoms with Gasteiger partial charge in [0.25, 0.3) is 5.91 Å². The minimum Gasteiger partial charge on any atom is -0.496 e. The number of para-hydroxylation sites is 3. The van der Waals surface area contributed by atoms with Crippen LogP contribution >= 0.6 is 0 Å². The van der Waals surface area contributed by atoms with Gasteiger partial charge in [-0.25, -0.2) is 9.37 Å². The summed E-state index contributed by atoms with van der Waals surface area (Å²) < 4.78 is 20.0. The number of hydrogen-bond donors (Lipinski definition) is 4. The molecule has 5 rings (SSSR count). The first-order valence-electron chi connectivity index (χ1n) is 11.8. The van der Waals surface area contributed by atoms with Crippen molar-refractivity contribution in [1.82, 2.24) is 9.97 Å². The third-order valence-electron chi connectivity index (χ3n) is 5.86. The molecule has 1 aromatic heterocycles. The smallest absolute Gasteiger partial charge is 0.256 e. The van der Waals surface area contributed by atoms with E-state index < -0.39 is 11.7 Å². The van der Waals surface area contributed by atoms with Crippen molar-refractivity contribution in [3.63, 3.8) is 0 Å². The Bertz CT molecular complexity index is 1640. The zero-order valence-electron chi connectivity index (χ0n) is 20.8. The summed E-state index contributed by atoms with van der Waals surface area (Å²) in [5.41, 5.74) is 4.03. The average Bonchev–Trinajstić information content (AvgIpc) is 3.25. The number of methoxy groups -OCH3 is 1. The second-order valence-electron chi connectivity index (χ2n) is 8.39. The number of carbonyl (C=O) groups excluding carboxylic acids is 2. The molecule has 0 saturated heterocycles. The van der Waals surface area contributed by atoms with Crippen molar-refractivity contribution >= 4 is 58.0 Å². The molecule has 3 aromatic carbocycles. The first kappa shape index (κ1) is 25.2. The summed E-state index contributed by atoms with van der Waals surface area (Å²) in [5, 5.41) is 11.5. The normalized spacial score (nSPS) is 12.9. The highest BCUT2D eigenvalue weighted by molar-refractivity contribution is 6.35. The van der Waals surface area contributed by atoms with Crippen molar-refractivity contribution in [3.8, 4) is 5.75 Å². The Morgan fingerprint density at radius 3 is 2.62 bits per heavy atom. The fourth-order valence-corrected chi connectivity index (χ4v) is 4.01. The van der Waals surface area contributed by atoms with E-state index in [1.807, 2.05) is 24.3 Å². The summed E-state index contributed by atoms with van der Waals surface area (Å²) in [6, 6.07) is 19.5. The van der Waals surface area contributed by atoms with Crippen LogP contribution < -0.4 is 26.0 Å². The third kappa shape index (κ3) is 5.44. The molecule has 0 aliphatic carbocycles. The standard InChI is InChI=1S/C29H23FN6O3/c1-3-26(37)33-23-9-5-6-10-24(23)34-27-21(30)16-31-29(36-27)32-18-12-13-22-19(15-18)20(28(38)35-22)14-17-8-4-7-11-25(17)39-2/h3-16H,1H2,2H3,(H,33,37)(H,35,38)(H2,31,32,34,36)/b20-14-. The zero-order valence-corrected chi connectivity index (χ0v) is 20.8. The molecule has 39 heavy (non-hydrogen) atoms. The van der Waals surface area contributed by atoms with Gasteiger partial charge in [-0.2, -0.15) is 4.98 Å². The van der Waals surface area contributed by atoms with E-state index in [1.165, 1.54) is 0 Å². The molecule has 4 aromatic rings. The molecule has 0 radical (unpaired) electrons. The van der Waals surface area contributed by atoms with Crippen LogP contribution in [0.1, 0.15) is 11.1 Å². The number of fused-ring (bicyclic) bond motifs is 1. The Morgan fingerprint density at radius 1 is 1.05 bits per heavy atom. The van der Waals surface area contributed by atoms with Crippen LogP contribution in [0.2, 0.25) is 0 Å². The van der Waals surface area contributed by atoms with Gasteiger partial charge in [0.1, 0.15) is 5.75 Å². The number of hydrogen-bond acceptors (Lipinski definition) is 7. The van der Waals surface area contributed by atoms with Crippen LogP contribution in [0, 0.1) is 5.82 Å². The van der Waals surface area contributed by atoms with E-state index in [0.717, 1.165) is 17.8 Å². The summed E-state index contributed by atoms with van der Waals surface area (Å²) in [4.78, 5) is 32.8. The predicted molar refractivity (Wildman–Crippen MR) is 150 cm³/mol. The second-order valence-corrected chi connectivity index (χ2v) is 8.39. The Kier molecular flexibility index (Phi) is 7.00. The average molecular weight is 523 g/mol. The van der Waals surface area contributed by atoms with Gasteiger partial charge in [-0.3, -0.25) is 9.59 Å². The summed E-state index contributed by atoms with van der Waals surface area (Å²) in [5.74, 6) is -0.651. The molecule has 0 bridgehead atoms. The largest absolute Gasteiger partial charge is 0.496 e. The maximum atomic E-state index is 14.6. The molecule has 0 unspecified atom stereocenters. The molecule has 9 nitrogen and oxygen atoms in total. The SMILES string of the molecule is C=CC(=O)Nc1ccccc1Nc1nc(Nc2ccc3c(c2)/C(=C/c2ccccc2OC)C(=O)N3)ncc1F. The molecular formula is C29H23FN6O3. The third-order valence-corrected chi connectivity index (χ3v) is 5.86. The molecule has 2 heterocycles. The van der Waals surface area contributed by atoms with E-state index in [9.17, 15) is 14.0 Å². The van der Waals surface area contributed by atoms with E-state index in [-0.39, 0.29) is 17.7 Å². The topological polar surface area (TPSA) is 117 Å². The van der Waals surface area contributed by atoms with Crippen LogP contribution in [0.25, 0.3) is 11.6 Å². The van der Waals surface area contributed by atoms with E-state index >= 15 is 0 Å². The maximum Gasteiger partial charge on any atom is 0.256 e. The highest BCUT2D eigenvalue weighted by Crippen LogP contribution is 2.37.